The number of hydrogen-bond donors (Lipinski definition) is 1. The number of hydrogen-bond acceptors (Lipinski definition) is 3. The molecular formula is C15H23ClN2O. The molecule has 0 aromatic heterocycles. The highest BCUT2D eigenvalue weighted by Gasteiger charge is 2.26. The summed E-state index contributed by atoms with van der Waals surface area (Å²) >= 11 is 6.39. The fourth-order valence-corrected chi connectivity index (χ4v) is 3.08. The molecule has 2 unspecified atom stereocenters. The topological polar surface area (TPSA) is 26.7 Å². The summed E-state index contributed by atoms with van der Waals surface area (Å²) in [5.74, 6) is 0. The minimum atomic E-state index is -0.470. The summed E-state index contributed by atoms with van der Waals surface area (Å²) in [5.41, 5.74) is 1.97. The van der Waals surface area contributed by atoms with Crippen molar-refractivity contribution in [3.63, 3.8) is 0 Å². The molecule has 19 heavy (non-hydrogen) atoms. The first-order valence-corrected chi connectivity index (χ1v) is 7.25. The normalized spacial score (nSPS) is 21.2. The van der Waals surface area contributed by atoms with Crippen LogP contribution in [-0.4, -0.2) is 43.2 Å². The number of aliphatic hydroxyl groups is 1. The zero-order chi connectivity index (χ0) is 14.0. The fourth-order valence-electron chi connectivity index (χ4n) is 2.78. The molecule has 1 fully saturated rings. The van der Waals surface area contributed by atoms with Crippen molar-refractivity contribution in [3.05, 3.63) is 28.8 Å². The van der Waals surface area contributed by atoms with Crippen LogP contribution in [0.4, 0.5) is 5.69 Å². The van der Waals surface area contributed by atoms with Gasteiger partial charge < -0.3 is 14.9 Å². The zero-order valence-electron chi connectivity index (χ0n) is 11.9. The molecule has 0 saturated carbocycles. The molecule has 0 spiro atoms. The Morgan fingerprint density at radius 1 is 1.47 bits per heavy atom. The summed E-state index contributed by atoms with van der Waals surface area (Å²) in [6.07, 6.45) is 1.96. The van der Waals surface area contributed by atoms with Gasteiger partial charge in [0, 0.05) is 19.1 Å². The Kier molecular flexibility index (Phi) is 4.71. The molecule has 1 N–H and O–H groups in total. The quantitative estimate of drug-likeness (QED) is 0.920. The Morgan fingerprint density at radius 3 is 2.79 bits per heavy atom. The maximum absolute atomic E-state index is 9.60. The van der Waals surface area contributed by atoms with E-state index in [0.717, 1.165) is 29.4 Å². The molecule has 1 heterocycles. The van der Waals surface area contributed by atoms with Crippen LogP contribution < -0.4 is 4.90 Å². The first-order valence-electron chi connectivity index (χ1n) is 6.88. The molecule has 1 aromatic carbocycles. The molecule has 2 atom stereocenters. The van der Waals surface area contributed by atoms with Crippen LogP contribution in [0.5, 0.6) is 0 Å². The Labute approximate surface area is 120 Å². The molecule has 0 aliphatic carbocycles. The average molecular weight is 283 g/mol. The molecule has 1 aliphatic heterocycles. The van der Waals surface area contributed by atoms with Crippen LogP contribution in [0.1, 0.15) is 31.4 Å². The van der Waals surface area contributed by atoms with E-state index in [4.69, 9.17) is 11.6 Å². The van der Waals surface area contributed by atoms with Crippen LogP contribution in [0.15, 0.2) is 18.2 Å². The minimum Gasteiger partial charge on any atom is -0.389 e. The van der Waals surface area contributed by atoms with Crippen LogP contribution in [-0.2, 0) is 0 Å². The summed E-state index contributed by atoms with van der Waals surface area (Å²) < 4.78 is 0. The lowest BCUT2D eigenvalue weighted by atomic mass is 10.1. The number of rotatable bonds is 4. The molecule has 0 bridgehead atoms. The third kappa shape index (κ3) is 3.41. The lowest BCUT2D eigenvalue weighted by molar-refractivity contribution is 0.199. The number of anilines is 1. The van der Waals surface area contributed by atoms with Gasteiger partial charge in [-0.05, 0) is 51.6 Å². The number of halogens is 1. The van der Waals surface area contributed by atoms with E-state index in [0.29, 0.717) is 6.04 Å². The second kappa shape index (κ2) is 6.12. The van der Waals surface area contributed by atoms with Crippen molar-refractivity contribution in [1.82, 2.24) is 4.90 Å². The third-order valence-electron chi connectivity index (χ3n) is 3.72. The van der Waals surface area contributed by atoms with Crippen molar-refractivity contribution in [2.24, 2.45) is 0 Å². The van der Waals surface area contributed by atoms with E-state index in [9.17, 15) is 5.11 Å². The van der Waals surface area contributed by atoms with Crippen molar-refractivity contribution in [3.8, 4) is 0 Å². The largest absolute Gasteiger partial charge is 0.389 e. The summed E-state index contributed by atoms with van der Waals surface area (Å²) in [7, 11) is 4.21. The molecule has 1 aromatic rings. The van der Waals surface area contributed by atoms with Gasteiger partial charge >= 0.3 is 0 Å². The van der Waals surface area contributed by atoms with Gasteiger partial charge in [0.05, 0.1) is 16.8 Å². The highest BCUT2D eigenvalue weighted by molar-refractivity contribution is 6.33. The Morgan fingerprint density at radius 2 is 2.21 bits per heavy atom. The Hall–Kier alpha value is -0.770. The van der Waals surface area contributed by atoms with Crippen LogP contribution >= 0.6 is 11.6 Å². The Bertz CT molecular complexity index is 434. The molecule has 1 aliphatic rings. The molecular weight excluding hydrogens is 260 g/mol. The summed E-state index contributed by atoms with van der Waals surface area (Å²) in [5, 5.41) is 10.3. The van der Waals surface area contributed by atoms with E-state index in [1.807, 2.05) is 18.2 Å². The predicted molar refractivity (Wildman–Crippen MR) is 81.0 cm³/mol. The minimum absolute atomic E-state index is 0.470. The van der Waals surface area contributed by atoms with Crippen LogP contribution in [0.3, 0.4) is 0 Å². The third-order valence-corrected chi connectivity index (χ3v) is 4.02. The lowest BCUT2D eigenvalue weighted by Crippen LogP contribution is -2.37. The van der Waals surface area contributed by atoms with Gasteiger partial charge in [0.2, 0.25) is 0 Å². The van der Waals surface area contributed by atoms with Gasteiger partial charge in [0.15, 0.2) is 0 Å². The molecule has 4 heteroatoms. The lowest BCUT2D eigenvalue weighted by Gasteiger charge is -2.30. The highest BCUT2D eigenvalue weighted by Crippen LogP contribution is 2.33. The molecule has 1 saturated heterocycles. The van der Waals surface area contributed by atoms with E-state index in [1.165, 1.54) is 12.8 Å². The van der Waals surface area contributed by atoms with Crippen molar-refractivity contribution in [1.29, 1.82) is 0 Å². The van der Waals surface area contributed by atoms with Crippen LogP contribution in [0.25, 0.3) is 0 Å². The van der Waals surface area contributed by atoms with Gasteiger partial charge in [-0.3, -0.25) is 0 Å². The first kappa shape index (κ1) is 14.6. The van der Waals surface area contributed by atoms with Gasteiger partial charge in [-0.15, -0.1) is 0 Å². The van der Waals surface area contributed by atoms with Crippen molar-refractivity contribution >= 4 is 17.3 Å². The molecule has 3 nitrogen and oxygen atoms in total. The van der Waals surface area contributed by atoms with Gasteiger partial charge in [-0.1, -0.05) is 17.7 Å². The Balaban J connectivity index is 2.21. The molecule has 0 radical (unpaired) electrons. The monoisotopic (exact) mass is 282 g/mol. The van der Waals surface area contributed by atoms with Crippen molar-refractivity contribution in [2.75, 3.05) is 32.1 Å². The summed E-state index contributed by atoms with van der Waals surface area (Å²) in [6.45, 7) is 3.87. The molecule has 0 amide bonds. The number of nitrogens with zero attached hydrogens (tertiary/aromatic N) is 2. The van der Waals surface area contributed by atoms with E-state index in [2.05, 4.69) is 23.9 Å². The number of benzene rings is 1. The molecule has 106 valence electrons. The van der Waals surface area contributed by atoms with Crippen LogP contribution in [0.2, 0.25) is 5.02 Å². The SMILES string of the molecule is CC(O)c1ccc(N2CCCC2CN(C)C)c(Cl)c1. The zero-order valence-corrected chi connectivity index (χ0v) is 12.7. The van der Waals surface area contributed by atoms with E-state index in [-0.39, 0.29) is 0 Å². The van der Waals surface area contributed by atoms with Crippen LogP contribution in [0, 0.1) is 0 Å². The summed E-state index contributed by atoms with van der Waals surface area (Å²) in [4.78, 5) is 4.62. The van der Waals surface area contributed by atoms with Gasteiger partial charge in [0.1, 0.15) is 0 Å². The highest BCUT2D eigenvalue weighted by atomic mass is 35.5. The summed E-state index contributed by atoms with van der Waals surface area (Å²) in [6, 6.07) is 6.42. The van der Waals surface area contributed by atoms with Crippen molar-refractivity contribution in [2.45, 2.75) is 31.9 Å². The van der Waals surface area contributed by atoms with Gasteiger partial charge in [-0.2, -0.15) is 0 Å². The van der Waals surface area contributed by atoms with Crippen molar-refractivity contribution < 1.29 is 5.11 Å². The second-order valence-corrected chi connectivity index (χ2v) is 6.05. The molecule has 2 rings (SSSR count). The van der Waals surface area contributed by atoms with E-state index in [1.54, 1.807) is 6.92 Å². The smallest absolute Gasteiger partial charge is 0.0762 e. The maximum atomic E-state index is 9.60. The van der Waals surface area contributed by atoms with E-state index < -0.39 is 6.10 Å². The number of aliphatic hydroxyl groups excluding tert-OH is 1. The maximum Gasteiger partial charge on any atom is 0.0762 e. The van der Waals surface area contributed by atoms with Gasteiger partial charge in [-0.25, -0.2) is 0 Å². The second-order valence-electron chi connectivity index (χ2n) is 5.64. The average Bonchev–Trinajstić information content (AvgIpc) is 2.75. The number of likely N-dealkylation sites (N-methyl/N-ethyl adjacent to an activating group) is 1. The predicted octanol–water partition coefficient (Wildman–Crippen LogP) is 2.92. The van der Waals surface area contributed by atoms with E-state index >= 15 is 0 Å². The fraction of sp³-hybridized carbons (Fsp3) is 0.600. The first-order chi connectivity index (χ1) is 8.99. The standard InChI is InChI=1S/C15H23ClN2O/c1-11(19)12-6-7-15(14(16)9-12)18-8-4-5-13(18)10-17(2)3/h6-7,9,11,13,19H,4-5,8,10H2,1-3H3. The van der Waals surface area contributed by atoms with Gasteiger partial charge in [0.25, 0.3) is 0 Å².